The summed E-state index contributed by atoms with van der Waals surface area (Å²) in [5.41, 5.74) is 1.20. The largest absolute Gasteiger partial charge is 0.311 e. The van der Waals surface area contributed by atoms with E-state index in [9.17, 15) is 0 Å². The van der Waals surface area contributed by atoms with Gasteiger partial charge < -0.3 is 5.32 Å². The Morgan fingerprint density at radius 3 is 2.62 bits per heavy atom. The number of nitrogens with one attached hydrogen (secondary N) is 1. The number of likely N-dealkylation sites (N-methyl/N-ethyl adjacent to an activating group) is 1. The zero-order valence-corrected chi connectivity index (χ0v) is 11.0. The molecule has 0 aliphatic heterocycles. The van der Waals surface area contributed by atoms with Crippen molar-refractivity contribution in [2.45, 2.75) is 32.9 Å². The van der Waals surface area contributed by atoms with Gasteiger partial charge in [-0.3, -0.25) is 9.58 Å². The van der Waals surface area contributed by atoms with Gasteiger partial charge in [0.15, 0.2) is 0 Å². The maximum Gasteiger partial charge on any atom is 0.0966 e. The Labute approximate surface area is 97.8 Å². The molecule has 0 bridgehead atoms. The van der Waals surface area contributed by atoms with E-state index in [-0.39, 0.29) is 5.54 Å². The summed E-state index contributed by atoms with van der Waals surface area (Å²) in [4.78, 5) is 2.24. The molecule has 92 valence electrons. The standard InChI is InChI=1S/C11H23N5/c1-11(2,3)12-6-7-15(4)8-10-9-16(5)14-13-10/h9,12H,6-8H2,1-5H3. The van der Waals surface area contributed by atoms with Gasteiger partial charge in [-0.2, -0.15) is 0 Å². The lowest BCUT2D eigenvalue weighted by Gasteiger charge is -2.23. The average Bonchev–Trinajstić information content (AvgIpc) is 2.48. The molecule has 0 aliphatic rings. The van der Waals surface area contributed by atoms with Crippen LogP contribution in [0, 0.1) is 0 Å². The van der Waals surface area contributed by atoms with Crippen LogP contribution in [-0.4, -0.2) is 45.6 Å². The lowest BCUT2D eigenvalue weighted by Crippen LogP contribution is -2.40. The first-order valence-electron chi connectivity index (χ1n) is 5.65. The normalized spacial score (nSPS) is 12.4. The predicted molar refractivity (Wildman–Crippen MR) is 65.1 cm³/mol. The van der Waals surface area contributed by atoms with Crippen LogP contribution in [0.4, 0.5) is 0 Å². The second-order valence-corrected chi connectivity index (χ2v) is 5.30. The Hall–Kier alpha value is -0.940. The minimum atomic E-state index is 0.188. The Bertz CT molecular complexity index is 312. The van der Waals surface area contributed by atoms with E-state index < -0.39 is 0 Å². The number of aryl methyl sites for hydroxylation is 1. The monoisotopic (exact) mass is 225 g/mol. The van der Waals surface area contributed by atoms with Gasteiger partial charge in [-0.05, 0) is 27.8 Å². The molecule has 0 fully saturated rings. The molecule has 0 atom stereocenters. The second kappa shape index (κ2) is 5.41. The van der Waals surface area contributed by atoms with Crippen molar-refractivity contribution in [1.29, 1.82) is 0 Å². The van der Waals surface area contributed by atoms with E-state index in [2.05, 4.69) is 48.3 Å². The summed E-state index contributed by atoms with van der Waals surface area (Å²) in [7, 11) is 3.98. The van der Waals surface area contributed by atoms with Gasteiger partial charge in [0.1, 0.15) is 0 Å². The molecule has 0 spiro atoms. The van der Waals surface area contributed by atoms with E-state index in [1.807, 2.05) is 13.2 Å². The molecular formula is C11H23N5. The van der Waals surface area contributed by atoms with Crippen LogP contribution in [0.25, 0.3) is 0 Å². The predicted octanol–water partition coefficient (Wildman–Crippen LogP) is 0.635. The molecule has 5 nitrogen and oxygen atoms in total. The highest BCUT2D eigenvalue weighted by Crippen LogP contribution is 1.99. The number of hydrogen-bond acceptors (Lipinski definition) is 4. The maximum absolute atomic E-state index is 4.06. The summed E-state index contributed by atoms with van der Waals surface area (Å²) >= 11 is 0. The summed E-state index contributed by atoms with van der Waals surface area (Å²) in [5.74, 6) is 0. The van der Waals surface area contributed by atoms with Crippen molar-refractivity contribution in [2.75, 3.05) is 20.1 Å². The van der Waals surface area contributed by atoms with E-state index in [1.54, 1.807) is 4.68 Å². The van der Waals surface area contributed by atoms with E-state index in [0.29, 0.717) is 0 Å². The molecule has 0 aliphatic carbocycles. The molecule has 0 amide bonds. The minimum Gasteiger partial charge on any atom is -0.311 e. The quantitative estimate of drug-likeness (QED) is 0.798. The van der Waals surface area contributed by atoms with Crippen molar-refractivity contribution in [3.63, 3.8) is 0 Å². The molecule has 1 heterocycles. The summed E-state index contributed by atoms with van der Waals surface area (Å²) in [6, 6.07) is 0. The lowest BCUT2D eigenvalue weighted by atomic mass is 10.1. The molecule has 0 radical (unpaired) electrons. The molecule has 1 aromatic heterocycles. The smallest absolute Gasteiger partial charge is 0.0966 e. The van der Waals surface area contributed by atoms with Gasteiger partial charge in [-0.1, -0.05) is 5.21 Å². The van der Waals surface area contributed by atoms with Gasteiger partial charge in [0, 0.05) is 38.4 Å². The van der Waals surface area contributed by atoms with Crippen LogP contribution in [0.3, 0.4) is 0 Å². The van der Waals surface area contributed by atoms with Gasteiger partial charge >= 0.3 is 0 Å². The SMILES string of the molecule is CN(CCNC(C)(C)C)Cc1cn(C)nn1. The fourth-order valence-electron chi connectivity index (χ4n) is 1.45. The molecule has 1 N–H and O–H groups in total. The van der Waals surface area contributed by atoms with Crippen molar-refractivity contribution < 1.29 is 0 Å². The van der Waals surface area contributed by atoms with Crippen LogP contribution in [-0.2, 0) is 13.6 Å². The zero-order chi connectivity index (χ0) is 12.2. The Morgan fingerprint density at radius 1 is 1.44 bits per heavy atom. The first-order chi connectivity index (χ1) is 7.37. The summed E-state index contributed by atoms with van der Waals surface area (Å²) in [5, 5.41) is 11.4. The number of hydrogen-bond donors (Lipinski definition) is 1. The van der Waals surface area contributed by atoms with Crippen molar-refractivity contribution in [3.05, 3.63) is 11.9 Å². The van der Waals surface area contributed by atoms with Crippen LogP contribution in [0.1, 0.15) is 26.5 Å². The molecule has 0 saturated heterocycles. The molecule has 1 aromatic rings. The second-order valence-electron chi connectivity index (χ2n) is 5.30. The highest BCUT2D eigenvalue weighted by atomic mass is 15.4. The average molecular weight is 225 g/mol. The van der Waals surface area contributed by atoms with Gasteiger partial charge in [-0.15, -0.1) is 5.10 Å². The van der Waals surface area contributed by atoms with Crippen LogP contribution in [0.15, 0.2) is 6.20 Å². The summed E-state index contributed by atoms with van der Waals surface area (Å²) in [6.45, 7) is 9.37. The fraction of sp³-hybridized carbons (Fsp3) is 0.818. The molecule has 0 saturated carbocycles. The first kappa shape index (κ1) is 13.1. The lowest BCUT2D eigenvalue weighted by molar-refractivity contribution is 0.300. The summed E-state index contributed by atoms with van der Waals surface area (Å²) < 4.78 is 1.73. The fourth-order valence-corrected chi connectivity index (χ4v) is 1.45. The minimum absolute atomic E-state index is 0.188. The molecule has 5 heteroatoms. The van der Waals surface area contributed by atoms with E-state index in [4.69, 9.17) is 0 Å². The number of aromatic nitrogens is 3. The van der Waals surface area contributed by atoms with Crippen LogP contribution in [0.2, 0.25) is 0 Å². The van der Waals surface area contributed by atoms with Gasteiger partial charge in [0.25, 0.3) is 0 Å². The zero-order valence-electron chi connectivity index (χ0n) is 11.0. The Kier molecular flexibility index (Phi) is 4.44. The molecule has 16 heavy (non-hydrogen) atoms. The summed E-state index contributed by atoms with van der Waals surface area (Å²) in [6.07, 6.45) is 1.95. The van der Waals surface area contributed by atoms with Crippen molar-refractivity contribution in [2.24, 2.45) is 7.05 Å². The molecule has 0 unspecified atom stereocenters. The third-order valence-electron chi connectivity index (χ3n) is 2.23. The Balaban J connectivity index is 2.23. The number of nitrogens with zero attached hydrogens (tertiary/aromatic N) is 4. The van der Waals surface area contributed by atoms with Gasteiger partial charge in [-0.25, -0.2) is 0 Å². The maximum atomic E-state index is 4.06. The topological polar surface area (TPSA) is 46.0 Å². The van der Waals surface area contributed by atoms with E-state index in [0.717, 1.165) is 25.3 Å². The van der Waals surface area contributed by atoms with Crippen molar-refractivity contribution in [1.82, 2.24) is 25.2 Å². The van der Waals surface area contributed by atoms with E-state index in [1.165, 1.54) is 0 Å². The third-order valence-corrected chi connectivity index (χ3v) is 2.23. The van der Waals surface area contributed by atoms with Crippen LogP contribution in [0.5, 0.6) is 0 Å². The van der Waals surface area contributed by atoms with Gasteiger partial charge in [0.05, 0.1) is 5.69 Å². The first-order valence-corrected chi connectivity index (χ1v) is 5.65. The molecule has 0 aromatic carbocycles. The highest BCUT2D eigenvalue weighted by Gasteiger charge is 2.09. The third kappa shape index (κ3) is 5.23. The molecule has 1 rings (SSSR count). The van der Waals surface area contributed by atoms with Crippen LogP contribution >= 0.6 is 0 Å². The van der Waals surface area contributed by atoms with Gasteiger partial charge in [0.2, 0.25) is 0 Å². The van der Waals surface area contributed by atoms with E-state index >= 15 is 0 Å². The van der Waals surface area contributed by atoms with Crippen LogP contribution < -0.4 is 5.32 Å². The Morgan fingerprint density at radius 2 is 2.12 bits per heavy atom. The number of rotatable bonds is 5. The van der Waals surface area contributed by atoms with Crippen molar-refractivity contribution in [3.8, 4) is 0 Å². The molecular weight excluding hydrogens is 202 g/mol. The van der Waals surface area contributed by atoms with Crippen molar-refractivity contribution >= 4 is 0 Å². The highest BCUT2D eigenvalue weighted by molar-refractivity contribution is 4.91.